The molecule has 0 radical (unpaired) electrons. The number of hydrogen-bond acceptors (Lipinski definition) is 2. The molecule has 136 valence electrons. The Labute approximate surface area is 160 Å². The number of rotatable bonds is 4. The molecule has 1 atom stereocenters. The van der Waals surface area contributed by atoms with E-state index >= 15 is 0 Å². The zero-order valence-corrected chi connectivity index (χ0v) is 15.2. The quantitative estimate of drug-likeness (QED) is 0.697. The first kappa shape index (κ1) is 17.7. The lowest BCUT2D eigenvalue weighted by Gasteiger charge is -2.22. The Hall–Kier alpha value is -2.66. The molecular weight excluding hydrogens is 364 g/mol. The van der Waals surface area contributed by atoms with Crippen molar-refractivity contribution in [1.82, 2.24) is 5.32 Å². The van der Waals surface area contributed by atoms with Crippen molar-refractivity contribution in [2.75, 3.05) is 0 Å². The number of amides is 1. The van der Waals surface area contributed by atoms with E-state index in [-0.39, 0.29) is 22.8 Å². The fraction of sp³-hybridized carbons (Fsp3) is 0.136. The maximum atomic E-state index is 13.3. The van der Waals surface area contributed by atoms with Crippen LogP contribution in [0.3, 0.4) is 0 Å². The van der Waals surface area contributed by atoms with E-state index in [9.17, 15) is 13.6 Å². The predicted molar refractivity (Wildman–Crippen MR) is 103 cm³/mol. The third-order valence-corrected chi connectivity index (χ3v) is 5.95. The van der Waals surface area contributed by atoms with Crippen molar-refractivity contribution in [2.45, 2.75) is 22.6 Å². The standard InChI is InChI=1S/C22H17F2NOS/c23-17-9-5-14(6-10-17)21(15-7-11-18(24)12-8-15)25-22(26)20-13-16-3-1-2-4-19(16)27-20/h1-12,20-21H,13H2,(H,25,26)/t20-/m0/s1. The summed E-state index contributed by atoms with van der Waals surface area (Å²) in [5.74, 6) is -0.774. The highest BCUT2D eigenvalue weighted by Gasteiger charge is 2.30. The zero-order chi connectivity index (χ0) is 18.8. The second-order valence-corrected chi connectivity index (χ2v) is 7.71. The van der Waals surface area contributed by atoms with E-state index in [0.29, 0.717) is 6.42 Å². The van der Waals surface area contributed by atoms with Crippen molar-refractivity contribution in [1.29, 1.82) is 0 Å². The highest BCUT2D eigenvalue weighted by atomic mass is 32.2. The SMILES string of the molecule is O=C(NC(c1ccc(F)cc1)c1ccc(F)cc1)[C@@H]1Cc2ccccc2S1. The van der Waals surface area contributed by atoms with Crippen LogP contribution in [0, 0.1) is 11.6 Å². The fourth-order valence-corrected chi connectivity index (χ4v) is 4.44. The van der Waals surface area contributed by atoms with Crippen LogP contribution in [-0.4, -0.2) is 11.2 Å². The zero-order valence-electron chi connectivity index (χ0n) is 14.4. The molecule has 0 aromatic heterocycles. The maximum absolute atomic E-state index is 13.3. The highest BCUT2D eigenvalue weighted by Crippen LogP contribution is 2.37. The number of carbonyl (C=O) groups excluding carboxylic acids is 1. The van der Waals surface area contributed by atoms with Crippen molar-refractivity contribution in [2.24, 2.45) is 0 Å². The van der Waals surface area contributed by atoms with E-state index in [2.05, 4.69) is 5.32 Å². The molecule has 5 heteroatoms. The van der Waals surface area contributed by atoms with E-state index in [1.807, 2.05) is 24.3 Å². The van der Waals surface area contributed by atoms with Gasteiger partial charge in [-0.3, -0.25) is 4.79 Å². The van der Waals surface area contributed by atoms with Gasteiger partial charge in [0.15, 0.2) is 0 Å². The summed E-state index contributed by atoms with van der Waals surface area (Å²) >= 11 is 1.55. The normalized spacial score (nSPS) is 15.6. The summed E-state index contributed by atoms with van der Waals surface area (Å²) < 4.78 is 26.6. The average Bonchev–Trinajstić information content (AvgIpc) is 3.12. The Bertz CT molecular complexity index is 886. The fourth-order valence-electron chi connectivity index (χ4n) is 3.23. The Balaban J connectivity index is 1.58. The molecule has 3 aromatic carbocycles. The number of benzene rings is 3. The third-order valence-electron chi connectivity index (χ3n) is 4.63. The molecule has 1 aliphatic rings. The minimum absolute atomic E-state index is 0.0881. The van der Waals surface area contributed by atoms with Crippen LogP contribution in [0.5, 0.6) is 0 Å². The number of fused-ring (bicyclic) bond motifs is 1. The van der Waals surface area contributed by atoms with Gasteiger partial charge in [0.1, 0.15) is 11.6 Å². The van der Waals surface area contributed by atoms with E-state index in [1.165, 1.54) is 29.8 Å². The summed E-state index contributed by atoms with van der Waals surface area (Å²) in [7, 11) is 0. The predicted octanol–water partition coefficient (Wildman–Crippen LogP) is 4.89. The minimum Gasteiger partial charge on any atom is -0.344 e. The van der Waals surface area contributed by atoms with Crippen LogP contribution in [-0.2, 0) is 11.2 Å². The first-order valence-electron chi connectivity index (χ1n) is 8.66. The van der Waals surface area contributed by atoms with Gasteiger partial charge in [-0.05, 0) is 53.4 Å². The smallest absolute Gasteiger partial charge is 0.234 e. The van der Waals surface area contributed by atoms with Gasteiger partial charge in [0.05, 0.1) is 11.3 Å². The molecule has 1 heterocycles. The summed E-state index contributed by atoms with van der Waals surface area (Å²) in [6, 6.07) is 19.5. The van der Waals surface area contributed by atoms with Crippen molar-refractivity contribution in [3.8, 4) is 0 Å². The number of carbonyl (C=O) groups is 1. The Kier molecular flexibility index (Phi) is 4.94. The van der Waals surface area contributed by atoms with Crippen LogP contribution in [0.1, 0.15) is 22.7 Å². The first-order chi connectivity index (χ1) is 13.1. The van der Waals surface area contributed by atoms with Gasteiger partial charge in [-0.1, -0.05) is 42.5 Å². The van der Waals surface area contributed by atoms with Crippen molar-refractivity contribution in [3.63, 3.8) is 0 Å². The van der Waals surface area contributed by atoms with Gasteiger partial charge in [-0.2, -0.15) is 0 Å². The topological polar surface area (TPSA) is 29.1 Å². The Morgan fingerprint density at radius 3 is 2.00 bits per heavy atom. The molecule has 0 fully saturated rings. The lowest BCUT2D eigenvalue weighted by atomic mass is 9.98. The Morgan fingerprint density at radius 2 is 1.44 bits per heavy atom. The molecule has 2 nitrogen and oxygen atoms in total. The molecule has 0 saturated carbocycles. The van der Waals surface area contributed by atoms with Gasteiger partial charge in [0, 0.05) is 4.90 Å². The lowest BCUT2D eigenvalue weighted by Crippen LogP contribution is -2.36. The molecule has 1 amide bonds. The van der Waals surface area contributed by atoms with Crippen LogP contribution in [0.2, 0.25) is 0 Å². The van der Waals surface area contributed by atoms with Gasteiger partial charge < -0.3 is 5.32 Å². The minimum atomic E-state index is -0.469. The van der Waals surface area contributed by atoms with Crippen LogP contribution in [0.4, 0.5) is 8.78 Å². The summed E-state index contributed by atoms with van der Waals surface area (Å²) in [4.78, 5) is 14.0. The second-order valence-electron chi connectivity index (χ2n) is 6.46. The summed E-state index contributed by atoms with van der Waals surface area (Å²) in [5.41, 5.74) is 2.66. The molecule has 0 unspecified atom stereocenters. The van der Waals surface area contributed by atoms with Crippen LogP contribution in [0.25, 0.3) is 0 Å². The monoisotopic (exact) mass is 381 g/mol. The number of thioether (sulfide) groups is 1. The van der Waals surface area contributed by atoms with Gasteiger partial charge in [-0.15, -0.1) is 11.8 Å². The van der Waals surface area contributed by atoms with Crippen molar-refractivity contribution in [3.05, 3.63) is 101 Å². The van der Waals surface area contributed by atoms with Crippen LogP contribution < -0.4 is 5.32 Å². The molecule has 1 aliphatic heterocycles. The first-order valence-corrected chi connectivity index (χ1v) is 9.54. The van der Waals surface area contributed by atoms with Gasteiger partial charge >= 0.3 is 0 Å². The summed E-state index contributed by atoms with van der Waals surface area (Å²) in [6.45, 7) is 0. The lowest BCUT2D eigenvalue weighted by molar-refractivity contribution is -0.121. The number of hydrogen-bond donors (Lipinski definition) is 1. The molecule has 27 heavy (non-hydrogen) atoms. The largest absolute Gasteiger partial charge is 0.344 e. The molecule has 4 rings (SSSR count). The average molecular weight is 381 g/mol. The van der Waals surface area contributed by atoms with Gasteiger partial charge in [0.2, 0.25) is 5.91 Å². The second kappa shape index (κ2) is 7.53. The molecule has 0 bridgehead atoms. The van der Waals surface area contributed by atoms with Crippen molar-refractivity contribution < 1.29 is 13.6 Å². The van der Waals surface area contributed by atoms with E-state index in [1.54, 1.807) is 36.0 Å². The van der Waals surface area contributed by atoms with Crippen LogP contribution >= 0.6 is 11.8 Å². The van der Waals surface area contributed by atoms with Gasteiger partial charge in [0.25, 0.3) is 0 Å². The van der Waals surface area contributed by atoms with E-state index < -0.39 is 6.04 Å². The number of halogens is 2. The molecule has 0 spiro atoms. The van der Waals surface area contributed by atoms with Gasteiger partial charge in [-0.25, -0.2) is 8.78 Å². The van der Waals surface area contributed by atoms with Crippen LogP contribution in [0.15, 0.2) is 77.7 Å². The summed E-state index contributed by atoms with van der Waals surface area (Å²) in [5, 5.41) is 2.84. The van der Waals surface area contributed by atoms with E-state index in [0.717, 1.165) is 16.0 Å². The van der Waals surface area contributed by atoms with Crippen molar-refractivity contribution >= 4 is 17.7 Å². The third kappa shape index (κ3) is 3.88. The highest BCUT2D eigenvalue weighted by molar-refractivity contribution is 8.01. The molecular formula is C22H17F2NOS. The van der Waals surface area contributed by atoms with E-state index in [4.69, 9.17) is 0 Å². The maximum Gasteiger partial charge on any atom is 0.234 e. The summed E-state index contributed by atoms with van der Waals surface area (Å²) in [6.07, 6.45) is 0.673. The molecule has 3 aromatic rings. The molecule has 1 N–H and O–H groups in total. The molecule has 0 aliphatic carbocycles. The number of nitrogens with one attached hydrogen (secondary N) is 1. The Morgan fingerprint density at radius 1 is 0.889 bits per heavy atom. The molecule has 0 saturated heterocycles.